The predicted molar refractivity (Wildman–Crippen MR) is 75.6 cm³/mol. The second-order valence-electron chi connectivity index (χ2n) is 4.93. The minimum Gasteiger partial charge on any atom is -0.362 e. The van der Waals surface area contributed by atoms with Gasteiger partial charge in [-0.3, -0.25) is 0 Å². The molecule has 0 saturated carbocycles. The van der Waals surface area contributed by atoms with Crippen LogP contribution < -0.4 is 15.1 Å². The highest BCUT2D eigenvalue weighted by molar-refractivity contribution is 5.53. The monoisotopic (exact) mass is 249 g/mol. The van der Waals surface area contributed by atoms with Crippen LogP contribution in [0.5, 0.6) is 0 Å². The van der Waals surface area contributed by atoms with Gasteiger partial charge >= 0.3 is 0 Å². The summed E-state index contributed by atoms with van der Waals surface area (Å²) in [7, 11) is 6.14. The predicted octanol–water partition coefficient (Wildman–Crippen LogP) is 0.687. The summed E-state index contributed by atoms with van der Waals surface area (Å²) < 4.78 is 0. The first-order valence-electron chi connectivity index (χ1n) is 6.62. The van der Waals surface area contributed by atoms with Crippen molar-refractivity contribution in [2.45, 2.75) is 19.8 Å². The summed E-state index contributed by atoms with van der Waals surface area (Å²) in [6, 6.07) is 0. The Balaban J connectivity index is 2.48. The molecule has 0 fully saturated rings. The second kappa shape index (κ2) is 5.52. The highest BCUT2D eigenvalue weighted by Gasteiger charge is 2.18. The first kappa shape index (κ1) is 13.1. The fraction of sp³-hybridized carbons (Fsp3) is 0.692. The highest BCUT2D eigenvalue weighted by atomic mass is 15.3. The molecule has 1 aromatic heterocycles. The number of aromatic nitrogens is 2. The third-order valence-corrected chi connectivity index (χ3v) is 3.39. The third kappa shape index (κ3) is 2.56. The maximum atomic E-state index is 4.74. The molecule has 0 atom stereocenters. The van der Waals surface area contributed by atoms with Gasteiger partial charge in [-0.2, -0.15) is 4.98 Å². The molecule has 100 valence electrons. The fourth-order valence-corrected chi connectivity index (χ4v) is 2.19. The zero-order chi connectivity index (χ0) is 13.1. The molecule has 2 heterocycles. The van der Waals surface area contributed by atoms with Crippen molar-refractivity contribution in [2.24, 2.45) is 0 Å². The minimum absolute atomic E-state index is 0.835. The van der Waals surface area contributed by atoms with E-state index in [4.69, 9.17) is 9.97 Å². The van der Waals surface area contributed by atoms with E-state index in [2.05, 4.69) is 36.1 Å². The Morgan fingerprint density at radius 3 is 2.50 bits per heavy atom. The molecule has 1 aliphatic heterocycles. The van der Waals surface area contributed by atoms with Gasteiger partial charge in [-0.05, 0) is 19.9 Å². The topological polar surface area (TPSA) is 44.3 Å². The van der Waals surface area contributed by atoms with E-state index in [9.17, 15) is 0 Å². The molecule has 0 radical (unpaired) electrons. The number of hydrogen-bond donors (Lipinski definition) is 1. The van der Waals surface area contributed by atoms with Crippen LogP contribution in [-0.4, -0.2) is 50.7 Å². The molecule has 0 bridgehead atoms. The lowest BCUT2D eigenvalue weighted by atomic mass is 10.1. The van der Waals surface area contributed by atoms with E-state index >= 15 is 0 Å². The van der Waals surface area contributed by atoms with E-state index < -0.39 is 0 Å². The first-order valence-corrected chi connectivity index (χ1v) is 6.62. The van der Waals surface area contributed by atoms with Crippen LogP contribution in [0.25, 0.3) is 0 Å². The molecule has 5 heteroatoms. The summed E-state index contributed by atoms with van der Waals surface area (Å²) in [5.41, 5.74) is 2.51. The molecular formula is C13H23N5. The Kier molecular flexibility index (Phi) is 4.01. The van der Waals surface area contributed by atoms with E-state index in [1.807, 2.05) is 7.05 Å². The maximum absolute atomic E-state index is 4.74. The normalized spacial score (nSPS) is 14.9. The Hall–Kier alpha value is -1.36. The van der Waals surface area contributed by atoms with Crippen molar-refractivity contribution in [1.82, 2.24) is 15.3 Å². The molecular weight excluding hydrogens is 226 g/mol. The fourth-order valence-electron chi connectivity index (χ4n) is 2.19. The van der Waals surface area contributed by atoms with Gasteiger partial charge < -0.3 is 15.1 Å². The van der Waals surface area contributed by atoms with Crippen molar-refractivity contribution in [2.75, 3.05) is 50.6 Å². The Morgan fingerprint density at radius 2 is 1.83 bits per heavy atom. The second-order valence-corrected chi connectivity index (χ2v) is 4.93. The van der Waals surface area contributed by atoms with Crippen LogP contribution in [0.4, 0.5) is 11.8 Å². The largest absolute Gasteiger partial charge is 0.362 e. The lowest BCUT2D eigenvalue weighted by Crippen LogP contribution is -2.23. The van der Waals surface area contributed by atoms with Crippen LogP contribution >= 0.6 is 0 Å². The SMILES string of the molecule is CCN(C)c1nc2c(c(N(C)C)n1)CCNCC2. The molecule has 0 aliphatic carbocycles. The van der Waals surface area contributed by atoms with E-state index in [0.29, 0.717) is 0 Å². The Morgan fingerprint density at radius 1 is 1.11 bits per heavy atom. The van der Waals surface area contributed by atoms with Gasteiger partial charge in [0.1, 0.15) is 5.82 Å². The lowest BCUT2D eigenvalue weighted by Gasteiger charge is -2.22. The molecule has 0 amide bonds. The van der Waals surface area contributed by atoms with Crippen molar-refractivity contribution in [3.63, 3.8) is 0 Å². The van der Waals surface area contributed by atoms with Gasteiger partial charge in [-0.15, -0.1) is 0 Å². The van der Waals surface area contributed by atoms with Crippen LogP contribution in [0.3, 0.4) is 0 Å². The van der Waals surface area contributed by atoms with Crippen molar-refractivity contribution in [3.05, 3.63) is 11.3 Å². The number of nitrogens with one attached hydrogen (secondary N) is 1. The van der Waals surface area contributed by atoms with Gasteiger partial charge in [0.2, 0.25) is 5.95 Å². The Labute approximate surface area is 109 Å². The number of fused-ring (bicyclic) bond motifs is 1. The Bertz CT molecular complexity index is 416. The average Bonchev–Trinajstić information content (AvgIpc) is 2.61. The summed E-state index contributed by atoms with van der Waals surface area (Å²) in [6.45, 7) is 5.06. The van der Waals surface area contributed by atoms with Gasteiger partial charge in [-0.1, -0.05) is 0 Å². The van der Waals surface area contributed by atoms with Gasteiger partial charge in [0.25, 0.3) is 0 Å². The number of nitrogens with zero attached hydrogens (tertiary/aromatic N) is 4. The molecule has 0 aromatic carbocycles. The molecule has 0 unspecified atom stereocenters. The summed E-state index contributed by atoms with van der Waals surface area (Å²) >= 11 is 0. The lowest BCUT2D eigenvalue weighted by molar-refractivity contribution is 0.708. The van der Waals surface area contributed by atoms with E-state index in [1.165, 1.54) is 11.3 Å². The van der Waals surface area contributed by atoms with E-state index in [0.717, 1.165) is 44.2 Å². The molecule has 2 rings (SSSR count). The highest BCUT2D eigenvalue weighted by Crippen LogP contribution is 2.24. The van der Waals surface area contributed by atoms with Crippen LogP contribution in [-0.2, 0) is 12.8 Å². The molecule has 1 aliphatic rings. The van der Waals surface area contributed by atoms with Gasteiger partial charge in [0.05, 0.1) is 5.69 Å². The standard InChI is InChI=1S/C13H23N5/c1-5-18(4)13-15-11-7-9-14-8-6-10(11)12(16-13)17(2)3/h14H,5-9H2,1-4H3. The molecule has 1 N–H and O–H groups in total. The molecule has 18 heavy (non-hydrogen) atoms. The summed E-state index contributed by atoms with van der Waals surface area (Å²) in [4.78, 5) is 13.6. The van der Waals surface area contributed by atoms with E-state index in [1.54, 1.807) is 0 Å². The zero-order valence-corrected chi connectivity index (χ0v) is 11.8. The third-order valence-electron chi connectivity index (χ3n) is 3.39. The van der Waals surface area contributed by atoms with Gasteiger partial charge in [0.15, 0.2) is 0 Å². The maximum Gasteiger partial charge on any atom is 0.227 e. The van der Waals surface area contributed by atoms with Gasteiger partial charge in [0, 0.05) is 46.2 Å². The number of rotatable bonds is 3. The first-order chi connectivity index (χ1) is 8.63. The molecule has 0 saturated heterocycles. The van der Waals surface area contributed by atoms with Crippen LogP contribution in [0.15, 0.2) is 0 Å². The van der Waals surface area contributed by atoms with Crippen LogP contribution in [0.2, 0.25) is 0 Å². The zero-order valence-electron chi connectivity index (χ0n) is 11.8. The average molecular weight is 249 g/mol. The van der Waals surface area contributed by atoms with Gasteiger partial charge in [-0.25, -0.2) is 4.98 Å². The van der Waals surface area contributed by atoms with E-state index in [-0.39, 0.29) is 0 Å². The van der Waals surface area contributed by atoms with Crippen LogP contribution in [0.1, 0.15) is 18.2 Å². The van der Waals surface area contributed by atoms with Crippen molar-refractivity contribution >= 4 is 11.8 Å². The molecule has 5 nitrogen and oxygen atoms in total. The summed E-state index contributed by atoms with van der Waals surface area (Å²) in [5, 5.41) is 3.42. The smallest absolute Gasteiger partial charge is 0.227 e. The van der Waals surface area contributed by atoms with Crippen molar-refractivity contribution in [3.8, 4) is 0 Å². The molecule has 0 spiro atoms. The number of anilines is 2. The van der Waals surface area contributed by atoms with Crippen molar-refractivity contribution in [1.29, 1.82) is 0 Å². The van der Waals surface area contributed by atoms with Crippen molar-refractivity contribution < 1.29 is 0 Å². The van der Waals surface area contributed by atoms with Crippen LogP contribution in [0, 0.1) is 0 Å². The quantitative estimate of drug-likeness (QED) is 0.854. The summed E-state index contributed by atoms with van der Waals surface area (Å²) in [6.07, 6.45) is 2.00. The molecule has 1 aromatic rings. The summed E-state index contributed by atoms with van der Waals surface area (Å²) in [5.74, 6) is 1.90. The number of hydrogen-bond acceptors (Lipinski definition) is 5. The minimum atomic E-state index is 0.835.